The van der Waals surface area contributed by atoms with Crippen LogP contribution in [0.3, 0.4) is 0 Å². The number of thiazole rings is 1. The van der Waals surface area contributed by atoms with E-state index in [2.05, 4.69) is 27.8 Å². The standard InChI is InChI=1S/C25H31N5O2S/c1-30(2)22-12-10-18(15-27-22)21(14-23(31)32)25-29-20(16-33-25)8-4-3-7-19-11-9-17-6-5-13-26-24(17)28-19/h9-12,15-16,21H,3-8,13-14H2,1-2H3,(H,26,28)(H,31,32)/t21-/m1/s1. The number of anilines is 2. The molecule has 0 saturated carbocycles. The lowest BCUT2D eigenvalue weighted by molar-refractivity contribution is -0.137. The third-order valence-corrected chi connectivity index (χ3v) is 6.95. The highest BCUT2D eigenvalue weighted by atomic mass is 32.1. The first-order valence-electron chi connectivity index (χ1n) is 11.5. The van der Waals surface area contributed by atoms with Crippen LogP contribution in [0.2, 0.25) is 0 Å². The number of aromatic nitrogens is 3. The molecule has 0 bridgehead atoms. The molecule has 0 amide bonds. The summed E-state index contributed by atoms with van der Waals surface area (Å²) < 4.78 is 0. The first-order chi connectivity index (χ1) is 16.0. The summed E-state index contributed by atoms with van der Waals surface area (Å²) in [6, 6.07) is 8.23. The molecule has 0 fully saturated rings. The summed E-state index contributed by atoms with van der Waals surface area (Å²) >= 11 is 1.54. The number of carboxylic acids is 1. The highest BCUT2D eigenvalue weighted by Gasteiger charge is 2.22. The molecule has 2 N–H and O–H groups in total. The summed E-state index contributed by atoms with van der Waals surface area (Å²) in [4.78, 5) is 27.5. The van der Waals surface area contributed by atoms with Crippen molar-refractivity contribution in [3.63, 3.8) is 0 Å². The lowest BCUT2D eigenvalue weighted by Gasteiger charge is -2.17. The van der Waals surface area contributed by atoms with Crippen molar-refractivity contribution >= 4 is 28.9 Å². The van der Waals surface area contributed by atoms with Crippen LogP contribution >= 0.6 is 11.3 Å². The molecule has 0 radical (unpaired) electrons. The highest BCUT2D eigenvalue weighted by Crippen LogP contribution is 2.31. The van der Waals surface area contributed by atoms with Crippen LogP contribution in [0.5, 0.6) is 0 Å². The molecule has 1 aliphatic heterocycles. The first kappa shape index (κ1) is 23.2. The van der Waals surface area contributed by atoms with E-state index >= 15 is 0 Å². The van der Waals surface area contributed by atoms with E-state index in [0.29, 0.717) is 0 Å². The van der Waals surface area contributed by atoms with Crippen molar-refractivity contribution in [3.8, 4) is 0 Å². The number of pyridine rings is 2. The maximum absolute atomic E-state index is 11.5. The van der Waals surface area contributed by atoms with E-state index in [9.17, 15) is 9.90 Å². The average molecular weight is 466 g/mol. The number of hydrogen-bond acceptors (Lipinski definition) is 7. The zero-order chi connectivity index (χ0) is 23.2. The molecule has 4 heterocycles. The van der Waals surface area contributed by atoms with Gasteiger partial charge < -0.3 is 15.3 Å². The molecule has 1 aliphatic rings. The number of unbranched alkanes of at least 4 members (excludes halogenated alkanes) is 1. The van der Waals surface area contributed by atoms with Gasteiger partial charge in [0.2, 0.25) is 0 Å². The van der Waals surface area contributed by atoms with Crippen molar-refractivity contribution in [3.05, 3.63) is 63.4 Å². The van der Waals surface area contributed by atoms with Crippen LogP contribution in [-0.4, -0.2) is 46.7 Å². The lowest BCUT2D eigenvalue weighted by atomic mass is 9.98. The van der Waals surface area contributed by atoms with Gasteiger partial charge in [-0.3, -0.25) is 4.79 Å². The minimum atomic E-state index is -0.833. The molecule has 174 valence electrons. The van der Waals surface area contributed by atoms with Gasteiger partial charge in [0.25, 0.3) is 0 Å². The zero-order valence-electron chi connectivity index (χ0n) is 19.3. The van der Waals surface area contributed by atoms with Gasteiger partial charge in [0, 0.05) is 43.8 Å². The number of carbonyl (C=O) groups is 1. The highest BCUT2D eigenvalue weighted by molar-refractivity contribution is 7.09. The van der Waals surface area contributed by atoms with Crippen molar-refractivity contribution in [1.29, 1.82) is 0 Å². The summed E-state index contributed by atoms with van der Waals surface area (Å²) in [5, 5.41) is 15.8. The van der Waals surface area contributed by atoms with Gasteiger partial charge in [0.15, 0.2) is 0 Å². The molecule has 1 atom stereocenters. The molecule has 0 saturated heterocycles. The maximum atomic E-state index is 11.5. The Hall–Kier alpha value is -3.00. The Morgan fingerprint density at radius 3 is 2.70 bits per heavy atom. The molecule has 8 heteroatoms. The Morgan fingerprint density at radius 1 is 1.15 bits per heavy atom. The number of rotatable bonds is 10. The number of aliphatic carboxylic acids is 1. The Kier molecular flexibility index (Phi) is 7.54. The number of fused-ring (bicyclic) bond motifs is 1. The fourth-order valence-electron chi connectivity index (χ4n) is 4.11. The quantitative estimate of drug-likeness (QED) is 0.425. The molecule has 4 rings (SSSR count). The largest absolute Gasteiger partial charge is 0.481 e. The van der Waals surface area contributed by atoms with Gasteiger partial charge in [-0.15, -0.1) is 11.3 Å². The van der Waals surface area contributed by atoms with Gasteiger partial charge in [-0.25, -0.2) is 15.0 Å². The van der Waals surface area contributed by atoms with Crippen LogP contribution < -0.4 is 10.2 Å². The molecule has 0 aromatic carbocycles. The Labute approximate surface area is 198 Å². The third-order valence-electron chi connectivity index (χ3n) is 5.95. The van der Waals surface area contributed by atoms with E-state index < -0.39 is 5.97 Å². The molecule has 3 aromatic rings. The normalized spacial score (nSPS) is 13.8. The molecule has 0 spiro atoms. The summed E-state index contributed by atoms with van der Waals surface area (Å²) in [6.45, 7) is 1.01. The second kappa shape index (κ2) is 10.7. The summed E-state index contributed by atoms with van der Waals surface area (Å²) in [7, 11) is 3.87. The molecule has 0 unspecified atom stereocenters. The predicted octanol–water partition coefficient (Wildman–Crippen LogP) is 4.53. The van der Waals surface area contributed by atoms with E-state index in [1.165, 1.54) is 12.0 Å². The molecular formula is C25H31N5O2S. The number of hydrogen-bond donors (Lipinski definition) is 2. The van der Waals surface area contributed by atoms with Gasteiger partial charge >= 0.3 is 5.97 Å². The fourth-order valence-corrected chi connectivity index (χ4v) is 5.09. The number of nitrogens with one attached hydrogen (secondary N) is 1. The summed E-state index contributed by atoms with van der Waals surface area (Å²) in [6.07, 6.45) is 7.98. The first-order valence-corrected chi connectivity index (χ1v) is 12.4. The van der Waals surface area contributed by atoms with Gasteiger partial charge in [-0.2, -0.15) is 0 Å². The van der Waals surface area contributed by atoms with E-state index in [1.807, 2.05) is 31.1 Å². The lowest BCUT2D eigenvalue weighted by Crippen LogP contribution is -2.14. The molecule has 0 aliphatic carbocycles. The summed E-state index contributed by atoms with van der Waals surface area (Å²) in [5.41, 5.74) is 4.37. The van der Waals surface area contributed by atoms with Gasteiger partial charge in [0.1, 0.15) is 16.6 Å². The monoisotopic (exact) mass is 465 g/mol. The van der Waals surface area contributed by atoms with Gasteiger partial charge in [0.05, 0.1) is 12.1 Å². The average Bonchev–Trinajstić information content (AvgIpc) is 3.29. The number of nitrogens with zero attached hydrogens (tertiary/aromatic N) is 4. The van der Waals surface area contributed by atoms with E-state index in [-0.39, 0.29) is 12.3 Å². The minimum absolute atomic E-state index is 0.00791. The van der Waals surface area contributed by atoms with Crippen LogP contribution in [0.1, 0.15) is 59.1 Å². The number of carboxylic acid groups (broad SMARTS) is 1. The number of aryl methyl sites for hydroxylation is 3. The van der Waals surface area contributed by atoms with Crippen LogP contribution in [-0.2, 0) is 24.1 Å². The van der Waals surface area contributed by atoms with Gasteiger partial charge in [-0.05, 0) is 61.8 Å². The predicted molar refractivity (Wildman–Crippen MR) is 132 cm³/mol. The maximum Gasteiger partial charge on any atom is 0.304 e. The Balaban J connectivity index is 1.34. The van der Waals surface area contributed by atoms with E-state index in [1.54, 1.807) is 17.5 Å². The Morgan fingerprint density at radius 2 is 1.97 bits per heavy atom. The topological polar surface area (TPSA) is 91.2 Å². The molecule has 33 heavy (non-hydrogen) atoms. The van der Waals surface area contributed by atoms with Crippen LogP contribution in [0.4, 0.5) is 11.6 Å². The fraction of sp³-hybridized carbons (Fsp3) is 0.440. The Bertz CT molecular complexity index is 1080. The van der Waals surface area contributed by atoms with Crippen molar-refractivity contribution in [2.24, 2.45) is 0 Å². The minimum Gasteiger partial charge on any atom is -0.481 e. The van der Waals surface area contributed by atoms with Gasteiger partial charge in [-0.1, -0.05) is 12.1 Å². The molecule has 7 nitrogen and oxygen atoms in total. The van der Waals surface area contributed by atoms with E-state index in [4.69, 9.17) is 9.97 Å². The van der Waals surface area contributed by atoms with Crippen molar-refractivity contribution in [1.82, 2.24) is 15.0 Å². The van der Waals surface area contributed by atoms with Crippen LogP contribution in [0.15, 0.2) is 35.8 Å². The van der Waals surface area contributed by atoms with Crippen LogP contribution in [0.25, 0.3) is 0 Å². The van der Waals surface area contributed by atoms with Crippen molar-refractivity contribution in [2.45, 2.75) is 50.9 Å². The molecular weight excluding hydrogens is 434 g/mol. The third kappa shape index (κ3) is 6.07. The zero-order valence-corrected chi connectivity index (χ0v) is 20.1. The SMILES string of the molecule is CN(C)c1ccc([C@@H](CC(=O)O)c2nc(CCCCc3ccc4c(n3)NCCC4)cs2)cn1. The van der Waals surface area contributed by atoms with E-state index in [0.717, 1.165) is 72.2 Å². The van der Waals surface area contributed by atoms with Crippen LogP contribution in [0, 0.1) is 0 Å². The second-order valence-electron chi connectivity index (χ2n) is 8.72. The van der Waals surface area contributed by atoms with Crippen molar-refractivity contribution < 1.29 is 9.90 Å². The second-order valence-corrected chi connectivity index (χ2v) is 9.61. The smallest absolute Gasteiger partial charge is 0.304 e. The van der Waals surface area contributed by atoms with Crippen molar-refractivity contribution in [2.75, 3.05) is 30.9 Å². The molecule has 3 aromatic heterocycles. The summed E-state index contributed by atoms with van der Waals surface area (Å²) in [5.74, 6) is 0.787.